The molecule has 0 bridgehead atoms. The second-order valence-corrected chi connectivity index (χ2v) is 5.93. The van der Waals surface area contributed by atoms with E-state index in [1.54, 1.807) is 6.92 Å². The molecule has 2 rings (SSSR count). The smallest absolute Gasteiger partial charge is 0.219 e. The van der Waals surface area contributed by atoms with Gasteiger partial charge in [-0.25, -0.2) is 0 Å². The molecule has 0 aromatic carbocycles. The Morgan fingerprint density at radius 3 is 3.00 bits per heavy atom. The van der Waals surface area contributed by atoms with Crippen molar-refractivity contribution < 1.29 is 4.79 Å². The van der Waals surface area contributed by atoms with Gasteiger partial charge in [0.2, 0.25) is 5.91 Å². The molecule has 1 atom stereocenters. The molecule has 4 heteroatoms. The summed E-state index contributed by atoms with van der Waals surface area (Å²) in [5, 5.41) is 0. The number of rotatable bonds is 2. The summed E-state index contributed by atoms with van der Waals surface area (Å²) >= 11 is 3.46. The zero-order chi connectivity index (χ0) is 13.0. The molecular formula is C14H19BrN2O. The fourth-order valence-corrected chi connectivity index (χ4v) is 3.00. The van der Waals surface area contributed by atoms with Crippen LogP contribution in [-0.4, -0.2) is 28.9 Å². The van der Waals surface area contributed by atoms with Crippen LogP contribution in [0.15, 0.2) is 22.9 Å². The van der Waals surface area contributed by atoms with Crippen molar-refractivity contribution in [2.24, 2.45) is 5.92 Å². The summed E-state index contributed by atoms with van der Waals surface area (Å²) in [6.45, 7) is 3.49. The van der Waals surface area contributed by atoms with Crippen LogP contribution >= 0.6 is 15.9 Å². The molecule has 0 saturated carbocycles. The third-order valence-electron chi connectivity index (χ3n) is 3.58. The molecule has 0 radical (unpaired) electrons. The van der Waals surface area contributed by atoms with E-state index >= 15 is 0 Å². The predicted octanol–water partition coefficient (Wildman–Crippen LogP) is 3.04. The van der Waals surface area contributed by atoms with Gasteiger partial charge >= 0.3 is 0 Å². The Morgan fingerprint density at radius 2 is 2.28 bits per heavy atom. The van der Waals surface area contributed by atoms with Gasteiger partial charge in [0.15, 0.2) is 0 Å². The number of pyridine rings is 1. The molecule has 0 N–H and O–H groups in total. The average Bonchev–Trinajstić information content (AvgIpc) is 2.55. The summed E-state index contributed by atoms with van der Waals surface area (Å²) in [6, 6.07) is 2.14. The highest BCUT2D eigenvalue weighted by molar-refractivity contribution is 9.10. The van der Waals surface area contributed by atoms with Crippen LogP contribution < -0.4 is 0 Å². The summed E-state index contributed by atoms with van der Waals surface area (Å²) < 4.78 is 1.04. The minimum absolute atomic E-state index is 0.208. The van der Waals surface area contributed by atoms with Gasteiger partial charge < -0.3 is 4.90 Å². The van der Waals surface area contributed by atoms with E-state index in [4.69, 9.17) is 0 Å². The Labute approximate surface area is 117 Å². The van der Waals surface area contributed by atoms with Gasteiger partial charge in [0.25, 0.3) is 0 Å². The van der Waals surface area contributed by atoms with Crippen molar-refractivity contribution in [2.45, 2.75) is 32.6 Å². The lowest BCUT2D eigenvalue weighted by molar-refractivity contribution is -0.128. The van der Waals surface area contributed by atoms with Crippen molar-refractivity contribution in [2.75, 3.05) is 13.1 Å². The normalized spacial score (nSPS) is 20.6. The number of nitrogens with zero attached hydrogens (tertiary/aromatic N) is 2. The number of hydrogen-bond acceptors (Lipinski definition) is 2. The van der Waals surface area contributed by atoms with E-state index in [-0.39, 0.29) is 5.91 Å². The molecule has 3 nitrogen and oxygen atoms in total. The highest BCUT2D eigenvalue weighted by Crippen LogP contribution is 2.22. The van der Waals surface area contributed by atoms with Crippen LogP contribution in [0.1, 0.15) is 31.7 Å². The standard InChI is InChI=1S/C14H19BrN2O/c1-11(18)17-5-2-3-12(4-6-17)7-13-8-14(15)10-16-9-13/h8-10,12H,2-7H2,1H3/t12-/m1/s1. The molecular weight excluding hydrogens is 292 g/mol. The summed E-state index contributed by atoms with van der Waals surface area (Å²) in [4.78, 5) is 17.5. The van der Waals surface area contributed by atoms with E-state index < -0.39 is 0 Å². The van der Waals surface area contributed by atoms with Gasteiger partial charge in [0.05, 0.1) is 0 Å². The zero-order valence-corrected chi connectivity index (χ0v) is 12.3. The fourth-order valence-electron chi connectivity index (χ4n) is 2.59. The largest absolute Gasteiger partial charge is 0.343 e. The molecule has 1 aromatic heterocycles. The molecule has 1 amide bonds. The Kier molecular flexibility index (Phi) is 4.75. The van der Waals surface area contributed by atoms with Crippen molar-refractivity contribution >= 4 is 21.8 Å². The molecule has 98 valence electrons. The minimum Gasteiger partial charge on any atom is -0.343 e. The number of aromatic nitrogens is 1. The maximum absolute atomic E-state index is 11.4. The van der Waals surface area contributed by atoms with E-state index in [0.29, 0.717) is 5.92 Å². The molecule has 2 heterocycles. The molecule has 0 aliphatic carbocycles. The fraction of sp³-hybridized carbons (Fsp3) is 0.571. The molecule has 1 saturated heterocycles. The lowest BCUT2D eigenvalue weighted by Gasteiger charge is -2.18. The van der Waals surface area contributed by atoms with Crippen LogP contribution in [0.5, 0.6) is 0 Å². The van der Waals surface area contributed by atoms with E-state index in [2.05, 4.69) is 27.0 Å². The van der Waals surface area contributed by atoms with Gasteiger partial charge in [-0.15, -0.1) is 0 Å². The third kappa shape index (κ3) is 3.80. The van der Waals surface area contributed by atoms with E-state index in [1.807, 2.05) is 17.3 Å². The van der Waals surface area contributed by atoms with Crippen LogP contribution in [0.4, 0.5) is 0 Å². The summed E-state index contributed by atoms with van der Waals surface area (Å²) in [6.07, 6.45) is 8.25. The maximum Gasteiger partial charge on any atom is 0.219 e. The minimum atomic E-state index is 0.208. The molecule has 1 aliphatic rings. The quantitative estimate of drug-likeness (QED) is 0.841. The number of likely N-dealkylation sites (tertiary alicyclic amines) is 1. The summed E-state index contributed by atoms with van der Waals surface area (Å²) in [5.74, 6) is 0.880. The second kappa shape index (κ2) is 6.32. The average molecular weight is 311 g/mol. The lowest BCUT2D eigenvalue weighted by Crippen LogP contribution is -2.29. The predicted molar refractivity (Wildman–Crippen MR) is 75.2 cm³/mol. The van der Waals surface area contributed by atoms with Gasteiger partial charge in [-0.05, 0) is 59.2 Å². The van der Waals surface area contributed by atoms with Gasteiger partial charge in [-0.3, -0.25) is 9.78 Å². The van der Waals surface area contributed by atoms with Crippen LogP contribution in [-0.2, 0) is 11.2 Å². The van der Waals surface area contributed by atoms with Gasteiger partial charge in [0, 0.05) is 36.9 Å². The summed E-state index contributed by atoms with van der Waals surface area (Å²) in [7, 11) is 0. The van der Waals surface area contributed by atoms with Crippen LogP contribution in [0, 0.1) is 5.92 Å². The van der Waals surface area contributed by atoms with Crippen LogP contribution in [0.3, 0.4) is 0 Å². The van der Waals surface area contributed by atoms with E-state index in [9.17, 15) is 4.79 Å². The van der Waals surface area contributed by atoms with Crippen molar-refractivity contribution in [3.8, 4) is 0 Å². The highest BCUT2D eigenvalue weighted by Gasteiger charge is 2.18. The van der Waals surface area contributed by atoms with Crippen molar-refractivity contribution in [1.82, 2.24) is 9.88 Å². The highest BCUT2D eigenvalue weighted by atomic mass is 79.9. The van der Waals surface area contributed by atoms with E-state index in [0.717, 1.165) is 36.8 Å². The second-order valence-electron chi connectivity index (χ2n) is 5.02. The van der Waals surface area contributed by atoms with Gasteiger partial charge in [-0.1, -0.05) is 0 Å². The van der Waals surface area contributed by atoms with Gasteiger partial charge in [-0.2, -0.15) is 0 Å². The Morgan fingerprint density at radius 1 is 1.44 bits per heavy atom. The van der Waals surface area contributed by atoms with Crippen molar-refractivity contribution in [3.63, 3.8) is 0 Å². The molecule has 1 aromatic rings. The molecule has 0 spiro atoms. The number of carbonyl (C=O) groups excluding carboxylic acids is 1. The third-order valence-corrected chi connectivity index (χ3v) is 4.01. The molecule has 0 unspecified atom stereocenters. The first-order chi connectivity index (χ1) is 8.65. The number of carbonyl (C=O) groups is 1. The SMILES string of the molecule is CC(=O)N1CCC[C@@H](Cc2cncc(Br)c2)CC1. The zero-order valence-electron chi connectivity index (χ0n) is 10.7. The lowest BCUT2D eigenvalue weighted by atomic mass is 9.93. The number of amides is 1. The van der Waals surface area contributed by atoms with Crippen LogP contribution in [0.25, 0.3) is 0 Å². The van der Waals surface area contributed by atoms with E-state index in [1.165, 1.54) is 12.0 Å². The first kappa shape index (κ1) is 13.5. The monoisotopic (exact) mass is 310 g/mol. The van der Waals surface area contributed by atoms with Crippen molar-refractivity contribution in [1.29, 1.82) is 0 Å². The summed E-state index contributed by atoms with van der Waals surface area (Å²) in [5.41, 5.74) is 1.28. The first-order valence-corrected chi connectivity index (χ1v) is 7.29. The van der Waals surface area contributed by atoms with Crippen molar-refractivity contribution in [3.05, 3.63) is 28.5 Å². The Bertz CT molecular complexity index is 422. The first-order valence-electron chi connectivity index (χ1n) is 6.50. The van der Waals surface area contributed by atoms with Gasteiger partial charge in [0.1, 0.15) is 0 Å². The topological polar surface area (TPSA) is 33.2 Å². The molecule has 1 fully saturated rings. The number of halogens is 1. The van der Waals surface area contributed by atoms with Crippen LogP contribution in [0.2, 0.25) is 0 Å². The Hall–Kier alpha value is -0.900. The molecule has 18 heavy (non-hydrogen) atoms. The maximum atomic E-state index is 11.4. The Balaban J connectivity index is 1.92. The molecule has 1 aliphatic heterocycles. The number of hydrogen-bond donors (Lipinski definition) is 0.